The highest BCUT2D eigenvalue weighted by Gasteiger charge is 2.18. The molecule has 0 atom stereocenters. The third kappa shape index (κ3) is 5.49. The van der Waals surface area contributed by atoms with Gasteiger partial charge in [0.05, 0.1) is 6.61 Å². The Balaban J connectivity index is 1.44. The largest absolute Gasteiger partial charge is 0.493 e. The molecular formula is C25H24ClF2NO3. The first-order valence-electron chi connectivity index (χ1n) is 10.7. The summed E-state index contributed by atoms with van der Waals surface area (Å²) in [6, 6.07) is 11.9. The van der Waals surface area contributed by atoms with Crippen molar-refractivity contribution in [2.24, 2.45) is 5.92 Å². The van der Waals surface area contributed by atoms with Crippen molar-refractivity contribution in [3.8, 4) is 5.75 Å². The molecule has 1 aliphatic rings. The molecule has 0 bridgehead atoms. The molecule has 7 heteroatoms. The first-order chi connectivity index (χ1) is 15.5. The van der Waals surface area contributed by atoms with E-state index in [1.807, 2.05) is 12.1 Å². The lowest BCUT2D eigenvalue weighted by Gasteiger charge is -2.22. The van der Waals surface area contributed by atoms with Crippen LogP contribution in [-0.2, 0) is 6.42 Å². The summed E-state index contributed by atoms with van der Waals surface area (Å²) in [5, 5.41) is 2.79. The number of halogens is 3. The third-order valence-electron chi connectivity index (χ3n) is 5.67. The van der Waals surface area contributed by atoms with Crippen LogP contribution in [0.15, 0.2) is 52.9 Å². The number of rotatable bonds is 7. The van der Waals surface area contributed by atoms with Crippen LogP contribution < -0.4 is 10.1 Å². The summed E-state index contributed by atoms with van der Waals surface area (Å²) >= 11 is 6.19. The summed E-state index contributed by atoms with van der Waals surface area (Å²) in [4.78, 5) is 12.4. The van der Waals surface area contributed by atoms with Gasteiger partial charge in [0.15, 0.2) is 5.76 Å². The molecule has 168 valence electrons. The van der Waals surface area contributed by atoms with Gasteiger partial charge in [-0.15, -0.1) is 0 Å². The molecule has 2 aromatic carbocycles. The fourth-order valence-corrected chi connectivity index (χ4v) is 4.16. The van der Waals surface area contributed by atoms with Gasteiger partial charge in [-0.3, -0.25) is 4.79 Å². The molecule has 0 saturated heterocycles. The van der Waals surface area contributed by atoms with E-state index in [2.05, 4.69) is 5.32 Å². The summed E-state index contributed by atoms with van der Waals surface area (Å²) in [5.74, 6) is -0.697. The number of hydrogen-bond donors (Lipinski definition) is 1. The first kappa shape index (κ1) is 22.3. The van der Waals surface area contributed by atoms with Gasteiger partial charge >= 0.3 is 0 Å². The summed E-state index contributed by atoms with van der Waals surface area (Å²) in [7, 11) is 0. The first-order valence-corrected chi connectivity index (χ1v) is 11.1. The van der Waals surface area contributed by atoms with Crippen molar-refractivity contribution in [2.75, 3.05) is 11.9 Å². The second-order valence-corrected chi connectivity index (χ2v) is 8.50. The van der Waals surface area contributed by atoms with Crippen LogP contribution in [0.3, 0.4) is 0 Å². The molecule has 3 aromatic rings. The van der Waals surface area contributed by atoms with Crippen molar-refractivity contribution in [3.63, 3.8) is 0 Å². The molecule has 0 radical (unpaired) electrons. The van der Waals surface area contributed by atoms with Gasteiger partial charge in [0.25, 0.3) is 5.91 Å². The van der Waals surface area contributed by atoms with Gasteiger partial charge in [-0.25, -0.2) is 8.78 Å². The molecular weight excluding hydrogens is 436 g/mol. The number of furan rings is 1. The van der Waals surface area contributed by atoms with E-state index in [9.17, 15) is 13.6 Å². The molecule has 4 nitrogen and oxygen atoms in total. The minimum atomic E-state index is -0.858. The predicted octanol–water partition coefficient (Wildman–Crippen LogP) is 7.01. The van der Waals surface area contributed by atoms with Crippen LogP contribution in [0.4, 0.5) is 14.5 Å². The number of anilines is 1. The monoisotopic (exact) mass is 459 g/mol. The second-order valence-electron chi connectivity index (χ2n) is 8.06. The molecule has 0 unspecified atom stereocenters. The Kier molecular flexibility index (Phi) is 7.10. The Bertz CT molecular complexity index is 1070. The molecule has 1 saturated carbocycles. The van der Waals surface area contributed by atoms with E-state index >= 15 is 0 Å². The SMILES string of the molecule is O=C(Nc1c(F)cccc1F)c1ccc(Cc2cc(Cl)ccc2OCC2CCCCC2)o1. The standard InChI is InChI=1S/C25H24ClF2NO3/c26-18-9-11-22(31-15-16-5-2-1-3-6-16)17(13-18)14-19-10-12-23(32-19)25(30)29-24-20(27)7-4-8-21(24)28/h4,7-13,16H,1-3,5-6,14-15H2,(H,29,30). The minimum absolute atomic E-state index is 0.0469. The van der Waals surface area contributed by atoms with Gasteiger partial charge in [0, 0.05) is 17.0 Å². The molecule has 1 amide bonds. The van der Waals surface area contributed by atoms with Gasteiger partial charge in [-0.05, 0) is 61.2 Å². The zero-order chi connectivity index (χ0) is 22.5. The van der Waals surface area contributed by atoms with Gasteiger partial charge < -0.3 is 14.5 Å². The average Bonchev–Trinajstić information content (AvgIpc) is 3.25. The average molecular weight is 460 g/mol. The number of benzene rings is 2. The third-order valence-corrected chi connectivity index (χ3v) is 5.91. The topological polar surface area (TPSA) is 51.5 Å². The van der Waals surface area contributed by atoms with E-state index in [0.717, 1.165) is 23.4 Å². The Morgan fingerprint density at radius 1 is 1.06 bits per heavy atom. The molecule has 32 heavy (non-hydrogen) atoms. The van der Waals surface area contributed by atoms with Gasteiger partial charge in [-0.2, -0.15) is 0 Å². The highest BCUT2D eigenvalue weighted by molar-refractivity contribution is 6.30. The van der Waals surface area contributed by atoms with E-state index in [0.29, 0.717) is 29.7 Å². The summed E-state index contributed by atoms with van der Waals surface area (Å²) < 4.78 is 39.3. The van der Waals surface area contributed by atoms with Crippen LogP contribution in [0, 0.1) is 17.6 Å². The molecule has 1 aliphatic carbocycles. The van der Waals surface area contributed by atoms with E-state index in [-0.39, 0.29) is 5.76 Å². The highest BCUT2D eigenvalue weighted by Crippen LogP contribution is 2.29. The van der Waals surface area contributed by atoms with Crippen molar-refractivity contribution < 1.29 is 22.7 Å². The smallest absolute Gasteiger partial charge is 0.291 e. The van der Waals surface area contributed by atoms with E-state index < -0.39 is 23.2 Å². The lowest BCUT2D eigenvalue weighted by Crippen LogP contribution is -2.15. The normalized spacial score (nSPS) is 14.3. The summed E-state index contributed by atoms with van der Waals surface area (Å²) in [6.45, 7) is 0.661. The van der Waals surface area contributed by atoms with E-state index in [1.54, 1.807) is 12.1 Å². The molecule has 1 N–H and O–H groups in total. The Labute approximate surface area is 190 Å². The molecule has 0 spiro atoms. The lowest BCUT2D eigenvalue weighted by atomic mass is 9.90. The van der Waals surface area contributed by atoms with Crippen molar-refractivity contribution in [1.82, 2.24) is 0 Å². The highest BCUT2D eigenvalue weighted by atomic mass is 35.5. The maximum atomic E-state index is 13.8. The van der Waals surface area contributed by atoms with Crippen LogP contribution in [0.25, 0.3) is 0 Å². The van der Waals surface area contributed by atoms with Gasteiger partial charge in [-0.1, -0.05) is 36.9 Å². The minimum Gasteiger partial charge on any atom is -0.493 e. The molecule has 1 aromatic heterocycles. The van der Waals surface area contributed by atoms with Crippen LogP contribution in [0.5, 0.6) is 5.75 Å². The molecule has 0 aliphatic heterocycles. The Hall–Kier alpha value is -2.86. The maximum Gasteiger partial charge on any atom is 0.291 e. The van der Waals surface area contributed by atoms with Crippen molar-refractivity contribution in [3.05, 3.63) is 82.3 Å². The number of ether oxygens (including phenoxy) is 1. The number of carbonyl (C=O) groups is 1. The molecule has 4 rings (SSSR count). The quantitative estimate of drug-likeness (QED) is 0.413. The maximum absolute atomic E-state index is 13.8. The number of hydrogen-bond acceptors (Lipinski definition) is 3. The van der Waals surface area contributed by atoms with Crippen LogP contribution >= 0.6 is 11.6 Å². The van der Waals surface area contributed by atoms with E-state index in [1.165, 1.54) is 44.2 Å². The molecule has 1 fully saturated rings. The number of para-hydroxylation sites is 1. The summed E-state index contributed by atoms with van der Waals surface area (Å²) in [6.07, 6.45) is 6.51. The van der Waals surface area contributed by atoms with Gasteiger partial charge in [0.2, 0.25) is 0 Å². The van der Waals surface area contributed by atoms with E-state index in [4.69, 9.17) is 20.8 Å². The van der Waals surface area contributed by atoms with Crippen molar-refractivity contribution in [2.45, 2.75) is 38.5 Å². The number of amides is 1. The van der Waals surface area contributed by atoms with Crippen LogP contribution in [0.1, 0.15) is 54.0 Å². The van der Waals surface area contributed by atoms with Crippen LogP contribution in [-0.4, -0.2) is 12.5 Å². The number of nitrogens with one attached hydrogen (secondary N) is 1. The van der Waals surface area contributed by atoms with Crippen molar-refractivity contribution >= 4 is 23.2 Å². The predicted molar refractivity (Wildman–Crippen MR) is 119 cm³/mol. The molecule has 1 heterocycles. The Morgan fingerprint density at radius 3 is 2.56 bits per heavy atom. The van der Waals surface area contributed by atoms with Gasteiger partial charge in [0.1, 0.15) is 28.8 Å². The van der Waals surface area contributed by atoms with Crippen LogP contribution in [0.2, 0.25) is 5.02 Å². The lowest BCUT2D eigenvalue weighted by molar-refractivity contribution is 0.0994. The Morgan fingerprint density at radius 2 is 1.81 bits per heavy atom. The number of carbonyl (C=O) groups excluding carboxylic acids is 1. The fraction of sp³-hybridized carbons (Fsp3) is 0.320. The van der Waals surface area contributed by atoms with Crippen molar-refractivity contribution in [1.29, 1.82) is 0 Å². The summed E-state index contributed by atoms with van der Waals surface area (Å²) in [5.41, 5.74) is 0.332. The zero-order valence-corrected chi connectivity index (χ0v) is 18.3. The fourth-order valence-electron chi connectivity index (χ4n) is 3.96. The second kappa shape index (κ2) is 10.2. The zero-order valence-electron chi connectivity index (χ0n) is 17.5.